The minimum Gasteiger partial charge on any atom is -0.461 e. The van der Waals surface area contributed by atoms with E-state index in [0.717, 1.165) is 42.8 Å². The fourth-order valence-corrected chi connectivity index (χ4v) is 5.77. The summed E-state index contributed by atoms with van der Waals surface area (Å²) in [6, 6.07) is 7.52. The van der Waals surface area contributed by atoms with E-state index in [4.69, 9.17) is 8.83 Å². The van der Waals surface area contributed by atoms with Crippen molar-refractivity contribution >= 4 is 5.91 Å². The molecule has 0 aliphatic heterocycles. The van der Waals surface area contributed by atoms with Gasteiger partial charge >= 0.3 is 0 Å². The Morgan fingerprint density at radius 2 is 1.75 bits per heavy atom. The highest BCUT2D eigenvalue weighted by atomic mass is 16.4. The van der Waals surface area contributed by atoms with Gasteiger partial charge in [-0.3, -0.25) is 4.79 Å². The summed E-state index contributed by atoms with van der Waals surface area (Å²) in [6.45, 7) is 0.460. The lowest BCUT2D eigenvalue weighted by atomic mass is 9.49. The van der Waals surface area contributed by atoms with Crippen LogP contribution in [0.25, 0.3) is 11.5 Å². The van der Waals surface area contributed by atoms with Gasteiger partial charge in [0.15, 0.2) is 11.5 Å². The van der Waals surface area contributed by atoms with Crippen LogP contribution in [0.5, 0.6) is 0 Å². The highest BCUT2D eigenvalue weighted by molar-refractivity contribution is 5.83. The number of hydrogen-bond donors (Lipinski definition) is 1. The highest BCUT2D eigenvalue weighted by Crippen LogP contribution is 2.60. The molecule has 0 unspecified atom stereocenters. The monoisotopic (exact) mass is 325 g/mol. The second-order valence-electron chi connectivity index (χ2n) is 8.12. The number of nitrogens with one attached hydrogen (secondary N) is 1. The molecule has 2 aromatic heterocycles. The quantitative estimate of drug-likeness (QED) is 0.908. The van der Waals surface area contributed by atoms with Crippen LogP contribution in [0.3, 0.4) is 0 Å². The molecule has 0 aromatic carbocycles. The Kier molecular flexibility index (Phi) is 3.15. The molecule has 2 aromatic rings. The molecule has 4 aliphatic rings. The molecule has 4 heteroatoms. The zero-order valence-electron chi connectivity index (χ0n) is 13.8. The van der Waals surface area contributed by atoms with Crippen molar-refractivity contribution in [2.75, 3.05) is 0 Å². The van der Waals surface area contributed by atoms with Crippen molar-refractivity contribution in [1.82, 2.24) is 5.32 Å². The lowest BCUT2D eigenvalue weighted by molar-refractivity contribution is -0.146. The van der Waals surface area contributed by atoms with Crippen molar-refractivity contribution in [1.29, 1.82) is 0 Å². The Balaban J connectivity index is 1.26. The normalized spacial score (nSPS) is 33.8. The van der Waals surface area contributed by atoms with Crippen molar-refractivity contribution in [3.8, 4) is 11.5 Å². The SMILES string of the molecule is O=C(NCc1ccc(-c2ccco2)o1)C12CC3CC(CC(C3)C1)C2. The molecule has 4 saturated carbocycles. The first-order valence-electron chi connectivity index (χ1n) is 9.11. The molecule has 0 spiro atoms. The van der Waals surface area contributed by atoms with Crippen molar-refractivity contribution < 1.29 is 13.6 Å². The first kappa shape index (κ1) is 14.4. The average molecular weight is 325 g/mol. The number of amides is 1. The highest BCUT2D eigenvalue weighted by Gasteiger charge is 2.54. The number of rotatable bonds is 4. The number of carbonyl (C=O) groups is 1. The van der Waals surface area contributed by atoms with E-state index in [2.05, 4.69) is 5.32 Å². The zero-order valence-corrected chi connectivity index (χ0v) is 13.8. The van der Waals surface area contributed by atoms with Crippen LogP contribution >= 0.6 is 0 Å². The van der Waals surface area contributed by atoms with Crippen LogP contribution in [-0.2, 0) is 11.3 Å². The third kappa shape index (κ3) is 2.31. The third-order valence-corrected chi connectivity index (χ3v) is 6.37. The van der Waals surface area contributed by atoms with E-state index < -0.39 is 0 Å². The van der Waals surface area contributed by atoms with E-state index in [1.165, 1.54) is 19.3 Å². The molecule has 4 bridgehead atoms. The maximum atomic E-state index is 12.9. The summed E-state index contributed by atoms with van der Waals surface area (Å²) < 4.78 is 11.1. The van der Waals surface area contributed by atoms with Crippen LogP contribution in [0.1, 0.15) is 44.3 Å². The number of carbonyl (C=O) groups excluding carboxylic acids is 1. The van der Waals surface area contributed by atoms with Gasteiger partial charge in [-0.15, -0.1) is 0 Å². The molecule has 0 radical (unpaired) electrons. The summed E-state index contributed by atoms with van der Waals surface area (Å²) in [4.78, 5) is 12.9. The van der Waals surface area contributed by atoms with Crippen LogP contribution in [0.15, 0.2) is 39.4 Å². The van der Waals surface area contributed by atoms with Crippen molar-refractivity contribution in [3.63, 3.8) is 0 Å². The van der Waals surface area contributed by atoms with Gasteiger partial charge in [0.25, 0.3) is 0 Å². The molecule has 1 amide bonds. The van der Waals surface area contributed by atoms with Crippen molar-refractivity contribution in [2.24, 2.45) is 23.2 Å². The summed E-state index contributed by atoms with van der Waals surface area (Å²) in [6.07, 6.45) is 9.00. The number of furan rings is 2. The van der Waals surface area contributed by atoms with Crippen LogP contribution in [0.4, 0.5) is 0 Å². The molecule has 4 fully saturated rings. The molecule has 0 saturated heterocycles. The Hall–Kier alpha value is -1.97. The molecule has 0 atom stereocenters. The van der Waals surface area contributed by atoms with E-state index in [1.807, 2.05) is 24.3 Å². The fourth-order valence-electron chi connectivity index (χ4n) is 5.77. The Morgan fingerprint density at radius 3 is 2.38 bits per heavy atom. The van der Waals surface area contributed by atoms with E-state index in [1.54, 1.807) is 6.26 Å². The van der Waals surface area contributed by atoms with Crippen LogP contribution in [-0.4, -0.2) is 5.91 Å². The molecule has 126 valence electrons. The van der Waals surface area contributed by atoms with Gasteiger partial charge in [-0.2, -0.15) is 0 Å². The van der Waals surface area contributed by atoms with Gasteiger partial charge in [-0.25, -0.2) is 0 Å². The molecule has 24 heavy (non-hydrogen) atoms. The molecule has 1 N–H and O–H groups in total. The van der Waals surface area contributed by atoms with Crippen LogP contribution < -0.4 is 5.32 Å². The zero-order chi connectivity index (χ0) is 16.1. The van der Waals surface area contributed by atoms with Gasteiger partial charge in [-0.1, -0.05) is 0 Å². The Labute approximate surface area is 141 Å². The second-order valence-corrected chi connectivity index (χ2v) is 8.12. The van der Waals surface area contributed by atoms with E-state index in [9.17, 15) is 4.79 Å². The van der Waals surface area contributed by atoms with Crippen molar-refractivity contribution in [3.05, 3.63) is 36.3 Å². The number of hydrogen-bond acceptors (Lipinski definition) is 3. The lowest BCUT2D eigenvalue weighted by Crippen LogP contribution is -2.53. The first-order chi connectivity index (χ1) is 11.7. The molecular formula is C20H23NO3. The second kappa shape index (κ2) is 5.27. The van der Waals surface area contributed by atoms with Gasteiger partial charge in [0.05, 0.1) is 12.8 Å². The van der Waals surface area contributed by atoms with Gasteiger partial charge in [0, 0.05) is 5.41 Å². The standard InChI is InChI=1S/C20H23NO3/c22-19(20-9-13-6-14(10-20)8-15(7-13)11-20)21-12-16-3-4-18(24-16)17-2-1-5-23-17/h1-5,13-15H,6-12H2,(H,21,22). The van der Waals surface area contributed by atoms with Gasteiger partial charge in [0.1, 0.15) is 5.76 Å². The minimum absolute atomic E-state index is 0.0921. The largest absolute Gasteiger partial charge is 0.461 e. The molecule has 6 rings (SSSR count). The summed E-state index contributed by atoms with van der Waals surface area (Å²) in [5.74, 6) is 4.81. The Morgan fingerprint density at radius 1 is 1.04 bits per heavy atom. The van der Waals surface area contributed by atoms with Gasteiger partial charge in [-0.05, 0) is 80.5 Å². The predicted molar refractivity (Wildman–Crippen MR) is 88.9 cm³/mol. The fraction of sp³-hybridized carbons (Fsp3) is 0.550. The topological polar surface area (TPSA) is 55.4 Å². The van der Waals surface area contributed by atoms with Gasteiger partial charge in [0.2, 0.25) is 5.91 Å². The third-order valence-electron chi connectivity index (χ3n) is 6.37. The van der Waals surface area contributed by atoms with E-state index in [-0.39, 0.29) is 11.3 Å². The summed E-state index contributed by atoms with van der Waals surface area (Å²) >= 11 is 0. The Bertz CT molecular complexity index is 708. The van der Waals surface area contributed by atoms with Crippen molar-refractivity contribution in [2.45, 2.75) is 45.1 Å². The maximum Gasteiger partial charge on any atom is 0.226 e. The summed E-state index contributed by atoms with van der Waals surface area (Å²) in [7, 11) is 0. The molecular weight excluding hydrogens is 302 g/mol. The summed E-state index contributed by atoms with van der Waals surface area (Å²) in [5.41, 5.74) is -0.0921. The van der Waals surface area contributed by atoms with E-state index >= 15 is 0 Å². The van der Waals surface area contributed by atoms with Crippen LogP contribution in [0, 0.1) is 23.2 Å². The minimum atomic E-state index is -0.0921. The first-order valence-corrected chi connectivity index (χ1v) is 9.11. The van der Waals surface area contributed by atoms with E-state index in [0.29, 0.717) is 18.1 Å². The smallest absolute Gasteiger partial charge is 0.226 e. The predicted octanol–water partition coefficient (Wildman–Crippen LogP) is 4.37. The summed E-state index contributed by atoms with van der Waals surface area (Å²) in [5, 5.41) is 3.15. The van der Waals surface area contributed by atoms with Crippen LogP contribution in [0.2, 0.25) is 0 Å². The molecule has 2 heterocycles. The molecule has 4 nitrogen and oxygen atoms in total. The van der Waals surface area contributed by atoms with Gasteiger partial charge < -0.3 is 14.2 Å². The molecule has 4 aliphatic carbocycles. The average Bonchev–Trinajstić information content (AvgIpc) is 3.22. The maximum absolute atomic E-state index is 12.9. The lowest BCUT2D eigenvalue weighted by Gasteiger charge is -2.55.